The van der Waals surface area contributed by atoms with Crippen LogP contribution in [-0.2, 0) is 0 Å². The molecule has 1 saturated heterocycles. The largest absolute Gasteiger partial charge is 0.508 e. The summed E-state index contributed by atoms with van der Waals surface area (Å²) in [5, 5.41) is 21.9. The van der Waals surface area contributed by atoms with Crippen LogP contribution in [0.2, 0.25) is 0 Å². The maximum Gasteiger partial charge on any atom is 0.115 e. The molecule has 0 bridgehead atoms. The highest BCUT2D eigenvalue weighted by Crippen LogP contribution is 2.32. The molecule has 1 aliphatic heterocycles. The van der Waals surface area contributed by atoms with Gasteiger partial charge >= 0.3 is 0 Å². The molecule has 5 heteroatoms. The number of rotatable bonds is 3. The van der Waals surface area contributed by atoms with E-state index in [0.29, 0.717) is 6.42 Å². The average Bonchev–Trinajstić information content (AvgIpc) is 2.40. The topological polar surface area (TPSA) is 59.3 Å². The number of piperazine rings is 1. The van der Waals surface area contributed by atoms with Gasteiger partial charge in [0.1, 0.15) is 5.75 Å². The van der Waals surface area contributed by atoms with Gasteiger partial charge in [-0.1, -0.05) is 15.9 Å². The molecule has 1 aromatic carbocycles. The Balaban J connectivity index is 2.28. The zero-order chi connectivity index (χ0) is 13.0. The van der Waals surface area contributed by atoms with Crippen LogP contribution in [0.25, 0.3) is 0 Å². The van der Waals surface area contributed by atoms with E-state index in [1.54, 1.807) is 12.1 Å². The number of benzene rings is 1. The Morgan fingerprint density at radius 3 is 2.83 bits per heavy atom. The number of halogens is 1. The molecule has 96 valence electrons. The Morgan fingerprint density at radius 1 is 1.44 bits per heavy atom. The monoisotopic (exact) mass is 309 g/mol. The molecule has 0 aromatic heterocycles. The van der Waals surface area contributed by atoms with E-state index in [1.807, 2.05) is 6.07 Å². The summed E-state index contributed by atoms with van der Waals surface area (Å²) in [6, 6.07) is 7.51. The molecule has 1 atom stereocenters. The molecule has 2 rings (SSSR count). The number of hydrogen-bond acceptors (Lipinski definition) is 4. The fraction of sp³-hybridized carbons (Fsp3) is 0.462. The molecule has 2 N–H and O–H groups in total. The lowest BCUT2D eigenvalue weighted by molar-refractivity contribution is 0.175. The molecule has 0 amide bonds. The van der Waals surface area contributed by atoms with Gasteiger partial charge in [-0.05, 0) is 23.8 Å². The van der Waals surface area contributed by atoms with Crippen LogP contribution >= 0.6 is 15.9 Å². The molecule has 1 fully saturated rings. The van der Waals surface area contributed by atoms with Gasteiger partial charge in [0.25, 0.3) is 0 Å². The minimum atomic E-state index is 0.0403. The van der Waals surface area contributed by atoms with Gasteiger partial charge in [0.05, 0.1) is 12.5 Å². The molecule has 1 aromatic rings. The first-order chi connectivity index (χ1) is 8.72. The van der Waals surface area contributed by atoms with Crippen molar-refractivity contribution in [3.8, 4) is 11.8 Å². The number of hydrogen-bond donors (Lipinski definition) is 2. The normalized spacial score (nSPS) is 18.2. The van der Waals surface area contributed by atoms with Crippen molar-refractivity contribution in [2.75, 3.05) is 26.2 Å². The van der Waals surface area contributed by atoms with Gasteiger partial charge in [-0.2, -0.15) is 5.26 Å². The van der Waals surface area contributed by atoms with Crippen LogP contribution in [0, 0.1) is 11.3 Å². The molecule has 18 heavy (non-hydrogen) atoms. The van der Waals surface area contributed by atoms with E-state index in [2.05, 4.69) is 32.2 Å². The van der Waals surface area contributed by atoms with Gasteiger partial charge in [-0.15, -0.1) is 0 Å². The predicted molar refractivity (Wildman–Crippen MR) is 73.2 cm³/mol. The van der Waals surface area contributed by atoms with Gasteiger partial charge in [-0.3, -0.25) is 4.90 Å². The molecule has 0 spiro atoms. The first kappa shape index (κ1) is 13.3. The maximum atomic E-state index is 9.62. The summed E-state index contributed by atoms with van der Waals surface area (Å²) in [5.41, 5.74) is 0.985. The van der Waals surface area contributed by atoms with Crippen molar-refractivity contribution < 1.29 is 5.11 Å². The summed E-state index contributed by atoms with van der Waals surface area (Å²) in [6.45, 7) is 3.74. The Morgan fingerprint density at radius 2 is 2.17 bits per heavy atom. The summed E-state index contributed by atoms with van der Waals surface area (Å²) < 4.78 is 0.944. The van der Waals surface area contributed by atoms with E-state index in [9.17, 15) is 5.11 Å². The van der Waals surface area contributed by atoms with Crippen molar-refractivity contribution in [1.82, 2.24) is 10.2 Å². The fourth-order valence-electron chi connectivity index (χ4n) is 2.30. The summed E-state index contributed by atoms with van der Waals surface area (Å²) in [5.74, 6) is 0.242. The first-order valence-electron chi connectivity index (χ1n) is 6.02. The van der Waals surface area contributed by atoms with Crippen molar-refractivity contribution in [1.29, 1.82) is 5.26 Å². The van der Waals surface area contributed by atoms with Crippen LogP contribution in [0.1, 0.15) is 18.0 Å². The average molecular weight is 310 g/mol. The van der Waals surface area contributed by atoms with Crippen LogP contribution in [0.3, 0.4) is 0 Å². The Bertz CT molecular complexity index is 452. The molecular weight excluding hydrogens is 294 g/mol. The number of aromatic hydroxyl groups is 1. The van der Waals surface area contributed by atoms with Crippen molar-refractivity contribution in [2.24, 2.45) is 0 Å². The van der Waals surface area contributed by atoms with E-state index in [0.717, 1.165) is 36.2 Å². The third kappa shape index (κ3) is 3.02. The van der Waals surface area contributed by atoms with Gasteiger partial charge < -0.3 is 10.4 Å². The van der Waals surface area contributed by atoms with Crippen molar-refractivity contribution in [2.45, 2.75) is 12.5 Å². The minimum absolute atomic E-state index is 0.0403. The minimum Gasteiger partial charge on any atom is -0.508 e. The second-order valence-corrected chi connectivity index (χ2v) is 5.22. The molecule has 0 radical (unpaired) electrons. The van der Waals surface area contributed by atoms with E-state index < -0.39 is 0 Å². The summed E-state index contributed by atoms with van der Waals surface area (Å²) in [4.78, 5) is 2.29. The smallest absolute Gasteiger partial charge is 0.115 e. The maximum absolute atomic E-state index is 9.62. The second kappa shape index (κ2) is 6.19. The summed E-state index contributed by atoms with van der Waals surface area (Å²) >= 11 is 3.50. The summed E-state index contributed by atoms with van der Waals surface area (Å²) in [6.07, 6.45) is 0.433. The molecule has 4 nitrogen and oxygen atoms in total. The van der Waals surface area contributed by atoms with E-state index in [-0.39, 0.29) is 11.8 Å². The zero-order valence-electron chi connectivity index (χ0n) is 10.1. The van der Waals surface area contributed by atoms with Gasteiger partial charge in [0.15, 0.2) is 0 Å². The van der Waals surface area contributed by atoms with Crippen molar-refractivity contribution >= 4 is 15.9 Å². The third-order valence-corrected chi connectivity index (χ3v) is 3.94. The van der Waals surface area contributed by atoms with Crippen LogP contribution in [0.4, 0.5) is 0 Å². The quantitative estimate of drug-likeness (QED) is 0.897. The van der Waals surface area contributed by atoms with Crippen LogP contribution in [0.5, 0.6) is 5.75 Å². The van der Waals surface area contributed by atoms with E-state index in [1.165, 1.54) is 0 Å². The van der Waals surface area contributed by atoms with E-state index in [4.69, 9.17) is 5.26 Å². The lowest BCUT2D eigenvalue weighted by atomic mass is 10.0. The lowest BCUT2D eigenvalue weighted by Gasteiger charge is -2.34. The second-order valence-electron chi connectivity index (χ2n) is 4.37. The number of nitrogens with one attached hydrogen (secondary N) is 1. The van der Waals surface area contributed by atoms with Crippen molar-refractivity contribution in [3.63, 3.8) is 0 Å². The van der Waals surface area contributed by atoms with Gasteiger partial charge in [0, 0.05) is 36.7 Å². The zero-order valence-corrected chi connectivity index (χ0v) is 11.7. The van der Waals surface area contributed by atoms with Crippen molar-refractivity contribution in [3.05, 3.63) is 28.2 Å². The molecule has 1 aliphatic rings. The highest BCUT2D eigenvalue weighted by atomic mass is 79.9. The summed E-state index contributed by atoms with van der Waals surface area (Å²) in [7, 11) is 0. The number of nitrogens with zero attached hydrogens (tertiary/aromatic N) is 2. The molecule has 0 aliphatic carbocycles. The van der Waals surface area contributed by atoms with Gasteiger partial charge in [-0.25, -0.2) is 0 Å². The molecule has 0 saturated carbocycles. The van der Waals surface area contributed by atoms with Gasteiger partial charge in [0.2, 0.25) is 0 Å². The highest BCUT2D eigenvalue weighted by Gasteiger charge is 2.23. The highest BCUT2D eigenvalue weighted by molar-refractivity contribution is 9.10. The number of nitriles is 1. The first-order valence-corrected chi connectivity index (χ1v) is 6.82. The number of phenols is 1. The Hall–Kier alpha value is -1.09. The Kier molecular flexibility index (Phi) is 4.59. The van der Waals surface area contributed by atoms with Crippen LogP contribution in [-0.4, -0.2) is 36.2 Å². The standard InChI is InChI=1S/C13H16BrN3O/c14-12-2-1-10(18)9-11(12)13(3-4-15)17-7-5-16-6-8-17/h1-2,9,13,16,18H,3,5-8H2/t13-/m1/s1. The molecular formula is C13H16BrN3O. The van der Waals surface area contributed by atoms with Crippen LogP contribution in [0.15, 0.2) is 22.7 Å². The van der Waals surface area contributed by atoms with E-state index >= 15 is 0 Å². The lowest BCUT2D eigenvalue weighted by Crippen LogP contribution is -2.45. The molecule has 1 heterocycles. The number of phenolic OH excluding ortho intramolecular Hbond substituents is 1. The predicted octanol–water partition coefficient (Wildman–Crippen LogP) is 2.01. The third-order valence-electron chi connectivity index (χ3n) is 3.22. The Labute approximate surface area is 115 Å². The van der Waals surface area contributed by atoms with Crippen LogP contribution < -0.4 is 5.32 Å². The SMILES string of the molecule is N#CC[C@H](c1cc(O)ccc1Br)N1CCNCC1. The molecule has 0 unspecified atom stereocenters. The fourth-order valence-corrected chi connectivity index (χ4v) is 2.81.